The number of benzene rings is 2. The number of methoxy groups -OCH3 is 1. The van der Waals surface area contributed by atoms with E-state index >= 15 is 0 Å². The highest BCUT2D eigenvalue weighted by Gasteiger charge is 2.35. The molecular weight excluding hydrogens is 432 g/mol. The van der Waals surface area contributed by atoms with Crippen LogP contribution in [-0.2, 0) is 9.53 Å². The lowest BCUT2D eigenvalue weighted by molar-refractivity contribution is -0.134. The second-order valence-corrected chi connectivity index (χ2v) is 8.56. The van der Waals surface area contributed by atoms with E-state index in [1.54, 1.807) is 23.9 Å². The highest BCUT2D eigenvalue weighted by atomic mass is 16.6. The number of ether oxygens (including phenoxy) is 2. The van der Waals surface area contributed by atoms with E-state index in [4.69, 9.17) is 14.6 Å². The Labute approximate surface area is 200 Å². The molecule has 0 aliphatic carbocycles. The summed E-state index contributed by atoms with van der Waals surface area (Å²) in [6.07, 6.45) is 0.348. The van der Waals surface area contributed by atoms with Gasteiger partial charge in [0.1, 0.15) is 5.75 Å². The van der Waals surface area contributed by atoms with Crippen molar-refractivity contribution in [2.24, 2.45) is 5.10 Å². The van der Waals surface area contributed by atoms with Crippen LogP contribution < -0.4 is 4.74 Å². The largest absolute Gasteiger partial charge is 0.497 e. The van der Waals surface area contributed by atoms with Gasteiger partial charge >= 0.3 is 6.09 Å². The maximum absolute atomic E-state index is 13.5. The van der Waals surface area contributed by atoms with Gasteiger partial charge in [0.05, 0.1) is 32.0 Å². The summed E-state index contributed by atoms with van der Waals surface area (Å²) in [5.41, 5.74) is 4.06. The maximum atomic E-state index is 13.5. The Morgan fingerprint density at radius 2 is 1.82 bits per heavy atom. The van der Waals surface area contributed by atoms with Crippen molar-refractivity contribution >= 4 is 17.7 Å². The molecule has 4 rings (SSSR count). The van der Waals surface area contributed by atoms with Crippen LogP contribution >= 0.6 is 0 Å². The molecule has 8 heteroatoms. The molecule has 0 aromatic heterocycles. The molecule has 2 aromatic carbocycles. The number of hydrogen-bond donors (Lipinski definition) is 0. The minimum Gasteiger partial charge on any atom is -0.497 e. The summed E-state index contributed by atoms with van der Waals surface area (Å²) < 4.78 is 10.5. The van der Waals surface area contributed by atoms with E-state index in [9.17, 15) is 9.59 Å². The van der Waals surface area contributed by atoms with Gasteiger partial charge < -0.3 is 14.4 Å². The number of hydrazone groups is 1. The number of hydrogen-bond acceptors (Lipinski definition) is 6. The van der Waals surface area contributed by atoms with Gasteiger partial charge in [-0.2, -0.15) is 5.10 Å². The number of nitrogens with zero attached hydrogens (tertiary/aromatic N) is 4. The first kappa shape index (κ1) is 23.8. The number of carbonyl (C=O) groups is 2. The molecule has 0 saturated carbocycles. The fraction of sp³-hybridized carbons (Fsp3) is 0.423. The van der Waals surface area contributed by atoms with Gasteiger partial charge in [-0.25, -0.2) is 9.80 Å². The van der Waals surface area contributed by atoms with Crippen molar-refractivity contribution in [3.05, 3.63) is 65.2 Å². The molecule has 0 spiro atoms. The van der Waals surface area contributed by atoms with E-state index in [2.05, 4.69) is 24.0 Å². The summed E-state index contributed by atoms with van der Waals surface area (Å²) in [6, 6.07) is 15.8. The molecule has 2 amide bonds. The molecule has 8 nitrogen and oxygen atoms in total. The standard InChI is InChI=1S/C26H32N4O4/c1-4-34-26(32)29-14-12-28(13-15-29)18-25(31)30-24(22-11-6-5-8-19(22)2)17-23(27-30)20-9-7-10-21(16-20)33-3/h5-11,16,24H,4,12-15,17-18H2,1-3H3/t24-/m0/s1. The van der Waals surface area contributed by atoms with Crippen molar-refractivity contribution in [2.75, 3.05) is 46.4 Å². The van der Waals surface area contributed by atoms with E-state index in [1.807, 2.05) is 36.4 Å². The van der Waals surface area contributed by atoms with Crippen molar-refractivity contribution in [3.8, 4) is 5.75 Å². The van der Waals surface area contributed by atoms with E-state index < -0.39 is 0 Å². The van der Waals surface area contributed by atoms with Crippen molar-refractivity contribution in [1.82, 2.24) is 14.8 Å². The third-order valence-corrected chi connectivity index (χ3v) is 6.37. The van der Waals surface area contributed by atoms with Gasteiger partial charge in [0.2, 0.25) is 0 Å². The summed E-state index contributed by atoms with van der Waals surface area (Å²) in [4.78, 5) is 29.2. The summed E-state index contributed by atoms with van der Waals surface area (Å²) in [6.45, 7) is 6.83. The van der Waals surface area contributed by atoms with Gasteiger partial charge in [0.15, 0.2) is 0 Å². The normalized spacial score (nSPS) is 18.6. The van der Waals surface area contributed by atoms with Gasteiger partial charge in [0, 0.05) is 38.2 Å². The summed E-state index contributed by atoms with van der Waals surface area (Å²) in [5, 5.41) is 6.45. The van der Waals surface area contributed by atoms with Gasteiger partial charge in [-0.15, -0.1) is 0 Å². The number of rotatable bonds is 6. The number of amides is 2. The molecule has 1 saturated heterocycles. The smallest absolute Gasteiger partial charge is 0.409 e. The zero-order valence-corrected chi connectivity index (χ0v) is 20.1. The van der Waals surface area contributed by atoms with Gasteiger partial charge in [-0.05, 0) is 37.1 Å². The lowest BCUT2D eigenvalue weighted by atomic mass is 9.95. The second kappa shape index (κ2) is 10.7. The number of carbonyl (C=O) groups excluding carboxylic acids is 2. The van der Waals surface area contributed by atoms with Crippen LogP contribution in [0, 0.1) is 6.92 Å². The number of piperazine rings is 1. The zero-order chi connectivity index (χ0) is 24.1. The molecule has 1 atom stereocenters. The third kappa shape index (κ3) is 5.22. The Morgan fingerprint density at radius 1 is 1.06 bits per heavy atom. The highest BCUT2D eigenvalue weighted by Crippen LogP contribution is 2.35. The van der Waals surface area contributed by atoms with Crippen molar-refractivity contribution in [3.63, 3.8) is 0 Å². The van der Waals surface area contributed by atoms with Crippen LogP contribution in [0.2, 0.25) is 0 Å². The van der Waals surface area contributed by atoms with Crippen LogP contribution in [0.1, 0.15) is 36.1 Å². The van der Waals surface area contributed by atoms with E-state index in [-0.39, 0.29) is 24.6 Å². The van der Waals surface area contributed by atoms with Gasteiger partial charge in [0.25, 0.3) is 5.91 Å². The van der Waals surface area contributed by atoms with Gasteiger partial charge in [-0.1, -0.05) is 36.4 Å². The molecule has 2 heterocycles. The molecule has 0 bridgehead atoms. The molecule has 2 aliphatic rings. The molecule has 0 radical (unpaired) electrons. The minimum absolute atomic E-state index is 0.0456. The molecule has 0 unspecified atom stereocenters. The molecule has 34 heavy (non-hydrogen) atoms. The van der Waals surface area contributed by atoms with Crippen molar-refractivity contribution in [1.29, 1.82) is 0 Å². The molecule has 0 N–H and O–H groups in total. The summed E-state index contributed by atoms with van der Waals surface area (Å²) in [7, 11) is 1.64. The maximum Gasteiger partial charge on any atom is 0.409 e. The van der Waals surface area contributed by atoms with Crippen molar-refractivity contribution in [2.45, 2.75) is 26.3 Å². The first-order valence-corrected chi connectivity index (χ1v) is 11.7. The molecular formula is C26H32N4O4. The summed E-state index contributed by atoms with van der Waals surface area (Å²) >= 11 is 0. The highest BCUT2D eigenvalue weighted by molar-refractivity contribution is 6.03. The predicted molar refractivity (Wildman–Crippen MR) is 130 cm³/mol. The Balaban J connectivity index is 1.51. The topological polar surface area (TPSA) is 74.7 Å². The Morgan fingerprint density at radius 3 is 2.53 bits per heavy atom. The van der Waals surface area contributed by atoms with Gasteiger partial charge in [-0.3, -0.25) is 9.69 Å². The van der Waals surface area contributed by atoms with Crippen LogP contribution in [-0.4, -0.2) is 79.0 Å². The quantitative estimate of drug-likeness (QED) is 0.655. The second-order valence-electron chi connectivity index (χ2n) is 8.56. The Kier molecular flexibility index (Phi) is 7.47. The predicted octanol–water partition coefficient (Wildman–Crippen LogP) is 3.46. The van der Waals surface area contributed by atoms with Crippen LogP contribution in [0.3, 0.4) is 0 Å². The minimum atomic E-state index is -0.292. The molecule has 180 valence electrons. The number of aryl methyl sites for hydroxylation is 1. The monoisotopic (exact) mass is 464 g/mol. The van der Waals surface area contributed by atoms with E-state index in [0.29, 0.717) is 39.2 Å². The SMILES string of the molecule is CCOC(=O)N1CCN(CC(=O)N2N=C(c3cccc(OC)c3)C[C@H]2c2ccccc2C)CC1. The fourth-order valence-electron chi connectivity index (χ4n) is 4.49. The first-order chi connectivity index (χ1) is 16.5. The summed E-state index contributed by atoms with van der Waals surface area (Å²) in [5.74, 6) is 0.715. The zero-order valence-electron chi connectivity index (χ0n) is 20.1. The first-order valence-electron chi connectivity index (χ1n) is 11.7. The van der Waals surface area contributed by atoms with E-state index in [0.717, 1.165) is 28.2 Å². The van der Waals surface area contributed by atoms with Crippen LogP contribution in [0.25, 0.3) is 0 Å². The lowest BCUT2D eigenvalue weighted by Gasteiger charge is -2.34. The Bertz CT molecular complexity index is 1060. The average molecular weight is 465 g/mol. The molecule has 1 fully saturated rings. The third-order valence-electron chi connectivity index (χ3n) is 6.37. The average Bonchev–Trinajstić information content (AvgIpc) is 3.30. The molecule has 2 aromatic rings. The van der Waals surface area contributed by atoms with Crippen LogP contribution in [0.5, 0.6) is 5.75 Å². The van der Waals surface area contributed by atoms with E-state index in [1.165, 1.54) is 0 Å². The molecule has 2 aliphatic heterocycles. The van der Waals surface area contributed by atoms with Crippen molar-refractivity contribution < 1.29 is 19.1 Å². The fourth-order valence-corrected chi connectivity index (χ4v) is 4.49. The van der Waals surface area contributed by atoms with Crippen LogP contribution in [0.15, 0.2) is 53.6 Å². The Hall–Kier alpha value is -3.39. The van der Waals surface area contributed by atoms with Crippen LogP contribution in [0.4, 0.5) is 4.79 Å². The lowest BCUT2D eigenvalue weighted by Crippen LogP contribution is -2.51.